The number of nitrogens with zero attached hydrogens (tertiary/aromatic N) is 4. The van der Waals surface area contributed by atoms with Gasteiger partial charge in [-0.1, -0.05) is 84.9 Å². The van der Waals surface area contributed by atoms with Gasteiger partial charge in [0.05, 0.1) is 22.3 Å². The molecule has 0 saturated carbocycles. The normalized spacial score (nSPS) is 11.9. The molecule has 0 spiro atoms. The van der Waals surface area contributed by atoms with Crippen molar-refractivity contribution in [3.63, 3.8) is 0 Å². The maximum absolute atomic E-state index is 10.2. The van der Waals surface area contributed by atoms with E-state index in [4.69, 9.17) is 20.4 Å². The van der Waals surface area contributed by atoms with Crippen molar-refractivity contribution in [2.75, 3.05) is 0 Å². The van der Waals surface area contributed by atoms with Gasteiger partial charge >= 0.3 is 0 Å². The molecule has 0 heterocycles. The summed E-state index contributed by atoms with van der Waals surface area (Å²) in [4.78, 5) is 17.9. The van der Waals surface area contributed by atoms with Gasteiger partial charge in [-0.15, -0.1) is 0 Å². The van der Waals surface area contributed by atoms with Crippen molar-refractivity contribution in [1.82, 2.24) is 0 Å². The number of benzene rings is 6. The van der Waals surface area contributed by atoms with E-state index in [1.54, 1.807) is 134 Å². The Morgan fingerprint density at radius 3 is 0.830 bits per heavy atom. The fourth-order valence-corrected chi connectivity index (χ4v) is 4.85. The number of aliphatic imine (C=N–C) groups is 4. The van der Waals surface area contributed by atoms with E-state index in [1.807, 2.05) is 36.4 Å². The number of aromatic hydroxyl groups is 2. The summed E-state index contributed by atoms with van der Waals surface area (Å²) in [6.07, 6.45) is 5.00. The van der Waals surface area contributed by atoms with Gasteiger partial charge in [-0.2, -0.15) is 0 Å². The average Bonchev–Trinajstić information content (AvgIpc) is 3.15. The quantitative estimate of drug-likeness (QED) is 0.112. The zero-order valence-electron chi connectivity index (χ0n) is 28.5. The van der Waals surface area contributed by atoms with Crippen LogP contribution in [-0.4, -0.2) is 55.5 Å². The zero-order valence-corrected chi connectivity index (χ0v) is 31.0. The summed E-state index contributed by atoms with van der Waals surface area (Å²) in [6.45, 7) is 0. The van der Waals surface area contributed by atoms with Crippen molar-refractivity contribution in [2.45, 2.75) is 12.3 Å². The van der Waals surface area contributed by atoms with Crippen molar-refractivity contribution in [3.8, 4) is 34.5 Å². The predicted octanol–water partition coefficient (Wildman–Crippen LogP) is 7.01. The molecule has 6 aromatic rings. The maximum atomic E-state index is 10.2. The molecule has 0 aliphatic heterocycles. The molecule has 0 bridgehead atoms. The van der Waals surface area contributed by atoms with Gasteiger partial charge in [0.2, 0.25) is 0 Å². The van der Waals surface area contributed by atoms with Crippen LogP contribution in [0.15, 0.2) is 166 Å². The first kappa shape index (κ1) is 39.5. The van der Waals surface area contributed by atoms with Gasteiger partial charge in [0.25, 0.3) is 23.0 Å². The number of phenols is 2. The summed E-state index contributed by atoms with van der Waals surface area (Å²) >= 11 is 0. The summed E-state index contributed by atoms with van der Waals surface area (Å²) in [7, 11) is 0. The first-order valence-electron chi connectivity index (χ1n) is 16.2. The Morgan fingerprint density at radius 1 is 0.358 bits per heavy atom. The minimum absolute atomic E-state index is 0. The van der Waals surface area contributed by atoms with Gasteiger partial charge in [-0.3, -0.25) is 20.0 Å². The van der Waals surface area contributed by atoms with Crippen LogP contribution in [0.3, 0.4) is 0 Å². The second-order valence-electron chi connectivity index (χ2n) is 11.3. The van der Waals surface area contributed by atoms with Crippen LogP contribution in [-0.2, 0) is 26.2 Å². The molecule has 0 amide bonds. The monoisotopic (exact) mass is 786 g/mol. The standard InChI is InChI=1S/2C21H18N2O3.Zr/c2*24-18-10-4-1-7-15(18)13-22-21(17-9-3-6-12-20(17)26)23-14-16-8-2-5-11-19(16)25;/h2*1-14,21,24-26H;/p+4/b22-13+,23-14+;22-13-,23-14?;. The molecule has 53 heavy (non-hydrogen) atoms. The van der Waals surface area contributed by atoms with Crippen molar-refractivity contribution in [3.05, 3.63) is 179 Å². The van der Waals surface area contributed by atoms with Crippen molar-refractivity contribution in [2.24, 2.45) is 20.0 Å². The van der Waals surface area contributed by atoms with E-state index in [-0.39, 0.29) is 37.7 Å². The topological polar surface area (TPSA) is 182 Å². The Morgan fingerprint density at radius 2 is 0.585 bits per heavy atom. The number of para-hydroxylation sites is 6. The number of phenolic OH excluding ortho intramolecular Hbond substituents is 2. The molecule has 1 atom stereocenters. The molecule has 0 saturated heterocycles. The van der Waals surface area contributed by atoms with Gasteiger partial charge in [-0.05, 0) is 36.4 Å². The Kier molecular flexibility index (Phi) is 14.8. The van der Waals surface area contributed by atoms with E-state index in [2.05, 4.69) is 20.0 Å². The van der Waals surface area contributed by atoms with Gasteiger partial charge in [0.15, 0.2) is 12.3 Å². The average molecular weight is 788 g/mol. The summed E-state index contributed by atoms with van der Waals surface area (Å²) in [5, 5.41) is 52.0. The smallest absolute Gasteiger partial charge is 0.262 e. The van der Waals surface area contributed by atoms with E-state index >= 15 is 0 Å². The molecule has 0 aliphatic carbocycles. The van der Waals surface area contributed by atoms with Gasteiger partial charge in [-0.25, -0.2) is 0 Å². The van der Waals surface area contributed by atoms with E-state index in [1.165, 1.54) is 0 Å². The Labute approximate surface area is 326 Å². The van der Waals surface area contributed by atoms with E-state index in [0.29, 0.717) is 56.4 Å². The molecule has 0 fully saturated rings. The zero-order chi connectivity index (χ0) is 36.7. The molecule has 10 nitrogen and oxygen atoms in total. The summed E-state index contributed by atoms with van der Waals surface area (Å²) in [5.74, 6) is 1.68. The van der Waals surface area contributed by atoms with E-state index in [0.717, 1.165) is 0 Å². The summed E-state index contributed by atoms with van der Waals surface area (Å²) in [5.41, 5.74) is 3.80. The van der Waals surface area contributed by atoms with Gasteiger partial charge < -0.3 is 30.6 Å². The molecular weight excluding hydrogens is 748 g/mol. The largest absolute Gasteiger partial charge is 0.593 e. The molecule has 0 aliphatic rings. The van der Waals surface area contributed by atoms with Crippen LogP contribution < -0.4 is 0 Å². The van der Waals surface area contributed by atoms with Gasteiger partial charge in [0, 0.05) is 86.5 Å². The number of hydrogen-bond donors (Lipinski definition) is 2. The van der Waals surface area contributed by atoms with Crippen LogP contribution >= 0.6 is 0 Å². The Hall–Kier alpha value is -6.32. The maximum Gasteiger partial charge on any atom is 0.262 e. The number of rotatable bonds is 10. The third-order valence-electron chi connectivity index (χ3n) is 7.69. The summed E-state index contributed by atoms with van der Waals surface area (Å²) < 4.78 is 0. The molecule has 10 N–H and O–H groups in total. The SMILES string of the molecule is Oc1ccccc1C(/N=C/c1ccccc1[OH2+])/N=C/c1ccccc1[OH2+].Oc1ccccc1C(N=Cc1ccccc1[OH2+])/N=C\c1ccccc1[OH2+].[Zr]. The van der Waals surface area contributed by atoms with Crippen LogP contribution in [0.2, 0.25) is 0 Å². The third kappa shape index (κ3) is 11.3. The minimum atomic E-state index is -0.671. The van der Waals surface area contributed by atoms with Crippen LogP contribution in [0.5, 0.6) is 34.5 Å². The fourth-order valence-electron chi connectivity index (χ4n) is 4.85. The van der Waals surface area contributed by atoms with E-state index < -0.39 is 12.3 Å². The number of hydrogen-bond acceptors (Lipinski definition) is 6. The predicted molar refractivity (Wildman–Crippen MR) is 210 cm³/mol. The van der Waals surface area contributed by atoms with Crippen molar-refractivity contribution < 1.29 is 56.8 Å². The van der Waals surface area contributed by atoms with E-state index in [9.17, 15) is 10.2 Å². The van der Waals surface area contributed by atoms with Crippen LogP contribution in [0, 0.1) is 0 Å². The molecule has 0 radical (unpaired) electrons. The fraction of sp³-hybridized carbons (Fsp3) is 0.0476. The second-order valence-corrected chi connectivity index (χ2v) is 11.3. The molecule has 1 unspecified atom stereocenters. The van der Waals surface area contributed by atoms with Crippen molar-refractivity contribution in [1.29, 1.82) is 0 Å². The molecule has 264 valence electrons. The first-order valence-corrected chi connectivity index (χ1v) is 16.2. The third-order valence-corrected chi connectivity index (χ3v) is 7.69. The molecular formula is C42H40N4O6Zr+4. The Balaban J connectivity index is 0.000000232. The Bertz CT molecular complexity index is 1960. The summed E-state index contributed by atoms with van der Waals surface area (Å²) in [6, 6.07) is 42.3. The van der Waals surface area contributed by atoms with Crippen LogP contribution in [0.25, 0.3) is 0 Å². The van der Waals surface area contributed by atoms with Gasteiger partial charge in [0.1, 0.15) is 11.5 Å². The van der Waals surface area contributed by atoms with Crippen LogP contribution in [0.4, 0.5) is 0 Å². The molecule has 11 heteroatoms. The van der Waals surface area contributed by atoms with Crippen LogP contribution in [0.1, 0.15) is 45.7 Å². The second kappa shape index (κ2) is 19.9. The molecule has 6 rings (SSSR count). The first-order chi connectivity index (χ1) is 25.3. The van der Waals surface area contributed by atoms with Crippen molar-refractivity contribution >= 4 is 24.9 Å². The minimum Gasteiger partial charge on any atom is -0.593 e. The molecule has 6 aromatic carbocycles. The molecule has 0 aromatic heterocycles.